The van der Waals surface area contributed by atoms with Gasteiger partial charge in [-0.3, -0.25) is 4.79 Å². The standard InChI is InChI=1S/C12H21NO3/c1-13-12(11(14)15)6-2-3-10(7-12)16-8-9-4-5-9/h9-10,13H,2-8H2,1H3,(H,14,15). The second-order valence-electron chi connectivity index (χ2n) is 5.13. The van der Waals surface area contributed by atoms with Crippen molar-refractivity contribution in [3.63, 3.8) is 0 Å². The first-order chi connectivity index (χ1) is 7.66. The van der Waals surface area contributed by atoms with Crippen LogP contribution in [0.5, 0.6) is 0 Å². The van der Waals surface area contributed by atoms with Crippen LogP contribution >= 0.6 is 0 Å². The number of hydrogen-bond donors (Lipinski definition) is 2. The molecule has 92 valence electrons. The van der Waals surface area contributed by atoms with E-state index >= 15 is 0 Å². The Labute approximate surface area is 96.4 Å². The van der Waals surface area contributed by atoms with Crippen LogP contribution in [0.2, 0.25) is 0 Å². The lowest BCUT2D eigenvalue weighted by atomic mass is 9.80. The van der Waals surface area contributed by atoms with Crippen molar-refractivity contribution in [2.75, 3.05) is 13.7 Å². The first-order valence-electron chi connectivity index (χ1n) is 6.20. The second-order valence-corrected chi connectivity index (χ2v) is 5.13. The predicted octanol–water partition coefficient (Wildman–Crippen LogP) is 1.40. The summed E-state index contributed by atoms with van der Waals surface area (Å²) >= 11 is 0. The molecule has 2 atom stereocenters. The largest absolute Gasteiger partial charge is 0.480 e. The lowest BCUT2D eigenvalue weighted by molar-refractivity contribution is -0.148. The van der Waals surface area contributed by atoms with Crippen molar-refractivity contribution >= 4 is 5.97 Å². The van der Waals surface area contributed by atoms with Crippen LogP contribution in [0.25, 0.3) is 0 Å². The van der Waals surface area contributed by atoms with Gasteiger partial charge in [0.1, 0.15) is 5.54 Å². The van der Waals surface area contributed by atoms with Gasteiger partial charge in [-0.2, -0.15) is 0 Å². The third kappa shape index (κ3) is 2.55. The Morgan fingerprint density at radius 2 is 2.25 bits per heavy atom. The summed E-state index contributed by atoms with van der Waals surface area (Å²) in [5.74, 6) is 0.00506. The second kappa shape index (κ2) is 4.72. The van der Waals surface area contributed by atoms with Crippen LogP contribution in [-0.2, 0) is 9.53 Å². The Hall–Kier alpha value is -0.610. The first-order valence-corrected chi connectivity index (χ1v) is 6.20. The van der Waals surface area contributed by atoms with Crippen LogP contribution in [0.1, 0.15) is 38.5 Å². The molecule has 2 unspecified atom stereocenters. The Balaban J connectivity index is 1.88. The molecular weight excluding hydrogens is 206 g/mol. The fraction of sp³-hybridized carbons (Fsp3) is 0.917. The number of nitrogens with one attached hydrogen (secondary N) is 1. The third-order valence-electron chi connectivity index (χ3n) is 3.86. The lowest BCUT2D eigenvalue weighted by Crippen LogP contribution is -2.54. The smallest absolute Gasteiger partial charge is 0.323 e. The van der Waals surface area contributed by atoms with Crippen LogP contribution in [0, 0.1) is 5.92 Å². The van der Waals surface area contributed by atoms with Crippen molar-refractivity contribution in [1.82, 2.24) is 5.32 Å². The highest BCUT2D eigenvalue weighted by atomic mass is 16.5. The molecule has 0 aromatic heterocycles. The van der Waals surface area contributed by atoms with Crippen molar-refractivity contribution in [2.45, 2.75) is 50.2 Å². The Bertz CT molecular complexity index is 265. The van der Waals surface area contributed by atoms with Gasteiger partial charge in [-0.05, 0) is 45.1 Å². The van der Waals surface area contributed by atoms with E-state index in [0.29, 0.717) is 12.8 Å². The zero-order chi connectivity index (χ0) is 11.6. The van der Waals surface area contributed by atoms with Crippen molar-refractivity contribution < 1.29 is 14.6 Å². The van der Waals surface area contributed by atoms with Gasteiger partial charge in [-0.1, -0.05) is 0 Å². The van der Waals surface area contributed by atoms with Gasteiger partial charge >= 0.3 is 5.97 Å². The van der Waals surface area contributed by atoms with Gasteiger partial charge in [0.05, 0.1) is 6.10 Å². The maximum absolute atomic E-state index is 11.3. The number of hydrogen-bond acceptors (Lipinski definition) is 3. The molecule has 2 N–H and O–H groups in total. The fourth-order valence-corrected chi connectivity index (χ4v) is 2.45. The molecule has 0 heterocycles. The highest BCUT2D eigenvalue weighted by Gasteiger charge is 2.42. The molecule has 2 aliphatic rings. The molecule has 0 radical (unpaired) electrons. The number of rotatable bonds is 5. The van der Waals surface area contributed by atoms with E-state index in [1.807, 2.05) is 0 Å². The molecule has 2 aliphatic carbocycles. The van der Waals surface area contributed by atoms with Gasteiger partial charge in [-0.25, -0.2) is 0 Å². The summed E-state index contributed by atoms with van der Waals surface area (Å²) in [4.78, 5) is 11.3. The highest BCUT2D eigenvalue weighted by molar-refractivity contribution is 5.79. The van der Waals surface area contributed by atoms with Crippen LogP contribution in [0.4, 0.5) is 0 Å². The van der Waals surface area contributed by atoms with Crippen molar-refractivity contribution in [1.29, 1.82) is 0 Å². The fourth-order valence-electron chi connectivity index (χ4n) is 2.45. The van der Waals surface area contributed by atoms with E-state index in [0.717, 1.165) is 25.4 Å². The average Bonchev–Trinajstić information content (AvgIpc) is 3.10. The first kappa shape index (κ1) is 11.9. The SMILES string of the molecule is CNC1(C(=O)O)CCCC(OCC2CC2)C1. The quantitative estimate of drug-likeness (QED) is 0.745. The topological polar surface area (TPSA) is 58.6 Å². The van der Waals surface area contributed by atoms with Gasteiger partial charge in [-0.15, -0.1) is 0 Å². The minimum absolute atomic E-state index is 0.123. The minimum Gasteiger partial charge on any atom is -0.480 e. The summed E-state index contributed by atoms with van der Waals surface area (Å²) in [5.41, 5.74) is -0.757. The Morgan fingerprint density at radius 3 is 2.81 bits per heavy atom. The average molecular weight is 227 g/mol. The number of likely N-dealkylation sites (N-methyl/N-ethyl adjacent to an activating group) is 1. The summed E-state index contributed by atoms with van der Waals surface area (Å²) in [5, 5.41) is 12.2. The lowest BCUT2D eigenvalue weighted by Gasteiger charge is -2.37. The van der Waals surface area contributed by atoms with E-state index in [9.17, 15) is 9.90 Å². The van der Waals surface area contributed by atoms with Crippen LogP contribution in [0.3, 0.4) is 0 Å². The molecule has 4 nitrogen and oxygen atoms in total. The molecule has 0 amide bonds. The summed E-state index contributed by atoms with van der Waals surface area (Å²) in [6.45, 7) is 0.823. The van der Waals surface area contributed by atoms with Crippen LogP contribution < -0.4 is 5.32 Å². The molecule has 2 fully saturated rings. The van der Waals surface area contributed by atoms with Crippen molar-refractivity contribution in [3.05, 3.63) is 0 Å². The Kier molecular flexibility index (Phi) is 3.50. The highest BCUT2D eigenvalue weighted by Crippen LogP contribution is 2.33. The molecule has 0 aromatic rings. The third-order valence-corrected chi connectivity index (χ3v) is 3.86. The zero-order valence-electron chi connectivity index (χ0n) is 9.87. The molecule has 2 rings (SSSR count). The van der Waals surface area contributed by atoms with E-state index in [2.05, 4.69) is 5.32 Å². The molecular formula is C12H21NO3. The maximum atomic E-state index is 11.3. The number of carboxylic acid groups (broad SMARTS) is 1. The van der Waals surface area contributed by atoms with E-state index in [1.54, 1.807) is 7.05 Å². The van der Waals surface area contributed by atoms with Gasteiger partial charge in [0.15, 0.2) is 0 Å². The molecule has 0 aliphatic heterocycles. The van der Waals surface area contributed by atoms with E-state index < -0.39 is 11.5 Å². The van der Waals surface area contributed by atoms with Gasteiger partial charge in [0.25, 0.3) is 0 Å². The number of ether oxygens (including phenoxy) is 1. The van der Waals surface area contributed by atoms with Gasteiger partial charge < -0.3 is 15.2 Å². The molecule has 0 spiro atoms. The summed E-state index contributed by atoms with van der Waals surface area (Å²) < 4.78 is 5.81. The van der Waals surface area contributed by atoms with E-state index in [1.165, 1.54) is 12.8 Å². The van der Waals surface area contributed by atoms with Crippen molar-refractivity contribution in [2.24, 2.45) is 5.92 Å². The molecule has 0 saturated heterocycles. The summed E-state index contributed by atoms with van der Waals surface area (Å²) in [7, 11) is 1.73. The number of aliphatic carboxylic acids is 1. The monoisotopic (exact) mass is 227 g/mol. The molecule has 4 heteroatoms. The van der Waals surface area contributed by atoms with Crippen LogP contribution in [-0.4, -0.2) is 36.4 Å². The molecule has 0 aromatic carbocycles. The summed E-state index contributed by atoms with van der Waals surface area (Å²) in [6, 6.07) is 0. The van der Waals surface area contributed by atoms with E-state index in [4.69, 9.17) is 4.74 Å². The molecule has 2 saturated carbocycles. The maximum Gasteiger partial charge on any atom is 0.323 e. The number of carboxylic acids is 1. The normalized spacial score (nSPS) is 34.9. The van der Waals surface area contributed by atoms with Crippen LogP contribution in [0.15, 0.2) is 0 Å². The Morgan fingerprint density at radius 1 is 1.50 bits per heavy atom. The van der Waals surface area contributed by atoms with E-state index in [-0.39, 0.29) is 6.10 Å². The molecule has 0 bridgehead atoms. The molecule has 16 heavy (non-hydrogen) atoms. The summed E-state index contributed by atoms with van der Waals surface area (Å²) in [6.07, 6.45) is 5.93. The predicted molar refractivity (Wildman–Crippen MR) is 60.4 cm³/mol. The number of carbonyl (C=O) groups is 1. The minimum atomic E-state index is -0.757. The van der Waals surface area contributed by atoms with Gasteiger partial charge in [0, 0.05) is 13.0 Å². The zero-order valence-corrected chi connectivity index (χ0v) is 9.87. The van der Waals surface area contributed by atoms with Crippen molar-refractivity contribution in [3.8, 4) is 0 Å². The van der Waals surface area contributed by atoms with Gasteiger partial charge in [0.2, 0.25) is 0 Å².